The number of ether oxygens (including phenoxy) is 2. The van der Waals surface area contributed by atoms with E-state index in [-0.39, 0.29) is 29.9 Å². The summed E-state index contributed by atoms with van der Waals surface area (Å²) in [6.45, 7) is 1.65. The highest BCUT2D eigenvalue weighted by Crippen LogP contribution is 2.27. The number of anilines is 1. The molecule has 1 fully saturated rings. The van der Waals surface area contributed by atoms with Crippen molar-refractivity contribution < 1.29 is 14.6 Å². The maximum atomic E-state index is 10.3. The summed E-state index contributed by atoms with van der Waals surface area (Å²) in [5, 5.41) is 13.8. The number of benzene rings is 1. The molecule has 4 N–H and O–H groups in total. The molecule has 0 amide bonds. The number of hydrogen-bond acceptors (Lipinski definition) is 4. The average molecular weight is 456 g/mol. The minimum Gasteiger partial charge on any atom is -0.495 e. The van der Waals surface area contributed by atoms with Gasteiger partial charge >= 0.3 is 0 Å². The van der Waals surface area contributed by atoms with E-state index in [2.05, 4.69) is 10.3 Å². The molecule has 1 heterocycles. The van der Waals surface area contributed by atoms with Crippen LogP contribution in [0.4, 0.5) is 5.69 Å². The highest BCUT2D eigenvalue weighted by molar-refractivity contribution is 14.0. The van der Waals surface area contributed by atoms with Gasteiger partial charge < -0.3 is 25.6 Å². The first kappa shape index (κ1) is 20.3. The van der Waals surface area contributed by atoms with E-state index in [1.165, 1.54) is 0 Å². The molecular formula is C15H23ClIN3O3. The Morgan fingerprint density at radius 3 is 2.78 bits per heavy atom. The molecule has 1 aliphatic heterocycles. The fourth-order valence-electron chi connectivity index (χ4n) is 2.32. The third-order valence-corrected chi connectivity index (χ3v) is 4.00. The van der Waals surface area contributed by atoms with Gasteiger partial charge in [0.25, 0.3) is 0 Å². The molecule has 1 aromatic rings. The monoisotopic (exact) mass is 455 g/mol. The molecule has 0 bridgehead atoms. The zero-order valence-electron chi connectivity index (χ0n) is 13.0. The molecule has 130 valence electrons. The molecule has 23 heavy (non-hydrogen) atoms. The predicted octanol–water partition coefficient (Wildman–Crippen LogP) is 2.62. The fourth-order valence-corrected chi connectivity index (χ4v) is 2.58. The minimum atomic E-state index is -0.689. The second kappa shape index (κ2) is 9.51. The lowest BCUT2D eigenvalue weighted by atomic mass is 9.91. The van der Waals surface area contributed by atoms with E-state index in [1.54, 1.807) is 25.3 Å². The molecule has 6 nitrogen and oxygen atoms in total. The summed E-state index contributed by atoms with van der Waals surface area (Å²) < 4.78 is 10.3. The summed E-state index contributed by atoms with van der Waals surface area (Å²) in [7, 11) is 1.56. The maximum absolute atomic E-state index is 10.3. The second-order valence-electron chi connectivity index (χ2n) is 5.33. The Labute approximate surface area is 158 Å². The summed E-state index contributed by atoms with van der Waals surface area (Å²) in [5.41, 5.74) is 5.89. The number of nitrogens with zero attached hydrogens (tertiary/aromatic N) is 1. The Kier molecular flexibility index (Phi) is 8.38. The third-order valence-electron chi connectivity index (χ3n) is 3.71. The number of aliphatic hydroxyl groups is 1. The average Bonchev–Trinajstić information content (AvgIpc) is 2.48. The molecule has 0 aromatic heterocycles. The highest BCUT2D eigenvalue weighted by atomic mass is 127. The second-order valence-corrected chi connectivity index (χ2v) is 5.74. The van der Waals surface area contributed by atoms with Gasteiger partial charge in [0, 0.05) is 25.4 Å². The summed E-state index contributed by atoms with van der Waals surface area (Å²) in [4.78, 5) is 4.24. The normalized spacial score (nSPS) is 17.3. The highest BCUT2D eigenvalue weighted by Gasteiger charge is 2.28. The Morgan fingerprint density at radius 1 is 1.48 bits per heavy atom. The smallest absolute Gasteiger partial charge is 0.193 e. The van der Waals surface area contributed by atoms with Gasteiger partial charge in [-0.3, -0.25) is 4.99 Å². The lowest BCUT2D eigenvalue weighted by Gasteiger charge is -2.31. The molecule has 0 spiro atoms. The lowest BCUT2D eigenvalue weighted by molar-refractivity contribution is -0.0662. The van der Waals surface area contributed by atoms with E-state index in [0.29, 0.717) is 49.8 Å². The zero-order chi connectivity index (χ0) is 16.0. The predicted molar refractivity (Wildman–Crippen MR) is 103 cm³/mol. The quantitative estimate of drug-likeness (QED) is 0.361. The van der Waals surface area contributed by atoms with E-state index >= 15 is 0 Å². The molecule has 0 radical (unpaired) electrons. The first-order valence-corrected chi connectivity index (χ1v) is 7.61. The maximum Gasteiger partial charge on any atom is 0.193 e. The number of halogens is 2. The summed E-state index contributed by atoms with van der Waals surface area (Å²) in [5.74, 6) is 0.890. The van der Waals surface area contributed by atoms with Crippen LogP contribution >= 0.6 is 35.6 Å². The van der Waals surface area contributed by atoms with Crippen LogP contribution in [0.1, 0.15) is 19.3 Å². The minimum absolute atomic E-state index is 0. The molecule has 8 heteroatoms. The van der Waals surface area contributed by atoms with Crippen molar-refractivity contribution in [1.29, 1.82) is 0 Å². The number of nitrogens with one attached hydrogen (secondary N) is 1. The zero-order valence-corrected chi connectivity index (χ0v) is 16.1. The van der Waals surface area contributed by atoms with Crippen molar-refractivity contribution in [2.24, 2.45) is 10.7 Å². The van der Waals surface area contributed by atoms with Gasteiger partial charge in [-0.15, -0.1) is 24.0 Å². The van der Waals surface area contributed by atoms with Crippen molar-refractivity contribution in [1.82, 2.24) is 0 Å². The summed E-state index contributed by atoms with van der Waals surface area (Å²) in [6, 6.07) is 5.27. The topological polar surface area (TPSA) is 89.1 Å². The largest absolute Gasteiger partial charge is 0.495 e. The molecule has 0 unspecified atom stereocenters. The lowest BCUT2D eigenvalue weighted by Crippen LogP contribution is -2.37. The standard InChI is InChI=1S/C15H22ClN3O3.HI/c1-21-13-3-2-11(10-12(13)16)19-14(17)18-7-4-15(20)5-8-22-9-6-15;/h2-3,10,20H,4-9H2,1H3,(H3,17,18,19);1H. The first-order chi connectivity index (χ1) is 10.5. The van der Waals surface area contributed by atoms with Crippen LogP contribution in [0.15, 0.2) is 23.2 Å². The molecule has 2 rings (SSSR count). The fraction of sp³-hybridized carbons (Fsp3) is 0.533. The van der Waals surface area contributed by atoms with Gasteiger partial charge in [0.2, 0.25) is 0 Å². The van der Waals surface area contributed by atoms with Crippen LogP contribution < -0.4 is 15.8 Å². The molecule has 1 saturated heterocycles. The van der Waals surface area contributed by atoms with E-state index < -0.39 is 5.60 Å². The molecule has 0 aliphatic carbocycles. The van der Waals surface area contributed by atoms with Gasteiger partial charge in [-0.25, -0.2) is 0 Å². The van der Waals surface area contributed by atoms with Crippen molar-refractivity contribution in [3.05, 3.63) is 23.2 Å². The number of nitrogens with two attached hydrogens (primary N) is 1. The van der Waals surface area contributed by atoms with Crippen molar-refractivity contribution in [2.75, 3.05) is 32.2 Å². The van der Waals surface area contributed by atoms with E-state index in [0.717, 1.165) is 5.69 Å². The summed E-state index contributed by atoms with van der Waals surface area (Å²) >= 11 is 6.05. The van der Waals surface area contributed by atoms with E-state index in [4.69, 9.17) is 26.8 Å². The Balaban J connectivity index is 0.00000264. The summed E-state index contributed by atoms with van der Waals surface area (Å²) in [6.07, 6.45) is 1.86. The Morgan fingerprint density at radius 2 is 2.17 bits per heavy atom. The number of methoxy groups -OCH3 is 1. The Bertz CT molecular complexity index is 537. The molecule has 0 atom stereocenters. The van der Waals surface area contributed by atoms with Gasteiger partial charge in [0.15, 0.2) is 5.96 Å². The van der Waals surface area contributed by atoms with Gasteiger partial charge in [-0.1, -0.05) is 11.6 Å². The number of aliphatic imine (C=N–C) groups is 1. The van der Waals surface area contributed by atoms with Crippen LogP contribution in [0.5, 0.6) is 5.75 Å². The van der Waals surface area contributed by atoms with Crippen molar-refractivity contribution in [3.8, 4) is 5.75 Å². The van der Waals surface area contributed by atoms with Crippen LogP contribution in [0, 0.1) is 0 Å². The number of guanidine groups is 1. The number of hydrogen-bond donors (Lipinski definition) is 3. The SMILES string of the molecule is COc1ccc(NC(N)=NCCC2(O)CCOCC2)cc1Cl.I. The Hall–Kier alpha value is -0.770. The van der Waals surface area contributed by atoms with Crippen LogP contribution in [0.25, 0.3) is 0 Å². The molecule has 0 saturated carbocycles. The van der Waals surface area contributed by atoms with E-state index in [9.17, 15) is 5.11 Å². The van der Waals surface area contributed by atoms with Crippen LogP contribution in [-0.2, 0) is 4.74 Å². The first-order valence-electron chi connectivity index (χ1n) is 7.23. The van der Waals surface area contributed by atoms with Gasteiger partial charge in [0.05, 0.1) is 17.7 Å². The van der Waals surface area contributed by atoms with Gasteiger partial charge in [-0.05, 0) is 37.5 Å². The molecule has 1 aliphatic rings. The van der Waals surface area contributed by atoms with Crippen LogP contribution in [0.2, 0.25) is 5.02 Å². The van der Waals surface area contributed by atoms with E-state index in [1.807, 2.05) is 0 Å². The van der Waals surface area contributed by atoms with Gasteiger partial charge in [0.1, 0.15) is 5.75 Å². The molecule has 1 aromatic carbocycles. The molecular weight excluding hydrogens is 433 g/mol. The number of rotatable bonds is 5. The van der Waals surface area contributed by atoms with Crippen molar-refractivity contribution in [3.63, 3.8) is 0 Å². The van der Waals surface area contributed by atoms with Crippen LogP contribution in [0.3, 0.4) is 0 Å². The third kappa shape index (κ3) is 6.33. The van der Waals surface area contributed by atoms with Crippen LogP contribution in [-0.4, -0.2) is 43.5 Å². The van der Waals surface area contributed by atoms with Crippen molar-refractivity contribution >= 4 is 47.2 Å². The van der Waals surface area contributed by atoms with Crippen molar-refractivity contribution in [2.45, 2.75) is 24.9 Å². The van der Waals surface area contributed by atoms with Gasteiger partial charge in [-0.2, -0.15) is 0 Å².